The third kappa shape index (κ3) is 5.52. The summed E-state index contributed by atoms with van der Waals surface area (Å²) in [5, 5.41) is 9.19. The number of halogens is 15. The van der Waals surface area contributed by atoms with Crippen molar-refractivity contribution in [3.05, 3.63) is 35.9 Å². The highest BCUT2D eigenvalue weighted by molar-refractivity contribution is 5.71. The summed E-state index contributed by atoms with van der Waals surface area (Å²) in [5.74, 6) is -51.2. The van der Waals surface area contributed by atoms with Crippen LogP contribution in [0.25, 0.3) is 0 Å². The Kier molecular flexibility index (Phi) is 8.87. The van der Waals surface area contributed by atoms with Crippen LogP contribution in [-0.4, -0.2) is 64.9 Å². The molecule has 0 radical (unpaired) electrons. The summed E-state index contributed by atoms with van der Waals surface area (Å²) in [4.78, 5) is 22.4. The number of rotatable bonds is 11. The monoisotopic (exact) mass is 591 g/mol. The molecule has 5 nitrogen and oxygen atoms in total. The van der Waals surface area contributed by atoms with E-state index in [9.17, 15) is 75.4 Å². The Labute approximate surface area is 200 Å². The molecule has 0 aliphatic rings. The van der Waals surface area contributed by atoms with Gasteiger partial charge in [0.2, 0.25) is 0 Å². The second-order valence-corrected chi connectivity index (χ2v) is 7.35. The maximum atomic E-state index is 14.3. The zero-order valence-corrected chi connectivity index (χ0v) is 17.7. The van der Waals surface area contributed by atoms with Crippen LogP contribution in [0.4, 0.5) is 70.7 Å². The van der Waals surface area contributed by atoms with Gasteiger partial charge in [0.15, 0.2) is 0 Å². The number of alkyl carbamates (subject to hydrolysis) is 1. The lowest BCUT2D eigenvalue weighted by molar-refractivity contribution is -0.453. The number of aliphatic carboxylic acids is 1. The van der Waals surface area contributed by atoms with Crippen LogP contribution in [0.3, 0.4) is 0 Å². The van der Waals surface area contributed by atoms with Crippen molar-refractivity contribution < 1.29 is 85.3 Å². The van der Waals surface area contributed by atoms with Gasteiger partial charge in [-0.2, -0.15) is 65.9 Å². The fraction of sp³-hybridized carbons (Fsp3) is 0.556. The van der Waals surface area contributed by atoms with E-state index in [0.29, 0.717) is 5.32 Å². The summed E-state index contributed by atoms with van der Waals surface area (Å²) in [6, 6.07) is 2.36. The molecule has 0 aliphatic carbocycles. The Balaban J connectivity index is 3.44. The summed E-state index contributed by atoms with van der Waals surface area (Å²) in [7, 11) is 0. The molecule has 1 aromatic rings. The lowest BCUT2D eigenvalue weighted by atomic mass is 9.88. The molecule has 1 unspecified atom stereocenters. The predicted octanol–water partition coefficient (Wildman–Crippen LogP) is 6.13. The number of alkyl halides is 15. The predicted molar refractivity (Wildman–Crippen MR) is 91.5 cm³/mol. The van der Waals surface area contributed by atoms with Crippen molar-refractivity contribution in [2.45, 2.75) is 60.8 Å². The average molecular weight is 591 g/mol. The first kappa shape index (κ1) is 32.9. The highest BCUT2D eigenvalue weighted by Gasteiger charge is 2.93. The third-order valence-electron chi connectivity index (χ3n) is 4.67. The van der Waals surface area contributed by atoms with Crippen molar-refractivity contribution in [2.75, 3.05) is 0 Å². The van der Waals surface area contributed by atoms with Gasteiger partial charge in [0, 0.05) is 0 Å². The number of hydrogen-bond acceptors (Lipinski definition) is 3. The number of carbonyl (C=O) groups is 2. The molecule has 0 aliphatic heterocycles. The second kappa shape index (κ2) is 10.2. The van der Waals surface area contributed by atoms with Crippen LogP contribution in [0.15, 0.2) is 30.3 Å². The molecule has 0 saturated heterocycles. The topological polar surface area (TPSA) is 75.6 Å². The number of ether oxygens (including phenoxy) is 1. The Bertz CT molecular complexity index is 995. The standard InChI is InChI=1S/C18H12F15NO4/c19-12(20,9(6-10(35)36)34-11(37)38-7-8-4-2-1-3-5-8)13(21,22)14(23,24)15(25,26)16(27,28)17(29,30)18(31,32)33/h1-5,9H,6-7H2,(H,34,37)(H,35,36). The zero-order valence-electron chi connectivity index (χ0n) is 17.7. The van der Waals surface area contributed by atoms with E-state index >= 15 is 0 Å². The molecule has 1 atom stereocenters. The van der Waals surface area contributed by atoms with Crippen molar-refractivity contribution in [2.24, 2.45) is 0 Å². The van der Waals surface area contributed by atoms with Crippen LogP contribution in [0.5, 0.6) is 0 Å². The van der Waals surface area contributed by atoms with Gasteiger partial charge in [-0.25, -0.2) is 4.79 Å². The van der Waals surface area contributed by atoms with Gasteiger partial charge >= 0.3 is 53.8 Å². The van der Waals surface area contributed by atoms with E-state index in [0.717, 1.165) is 0 Å². The Morgan fingerprint density at radius 1 is 0.711 bits per heavy atom. The lowest BCUT2D eigenvalue weighted by Crippen LogP contribution is -2.74. The van der Waals surface area contributed by atoms with Gasteiger partial charge in [0.05, 0.1) is 6.42 Å². The van der Waals surface area contributed by atoms with Gasteiger partial charge in [0.25, 0.3) is 0 Å². The molecule has 0 fully saturated rings. The number of carboxylic acid groups (broad SMARTS) is 1. The normalized spacial score (nSPS) is 15.1. The molecule has 1 rings (SSSR count). The Morgan fingerprint density at radius 3 is 1.55 bits per heavy atom. The van der Waals surface area contributed by atoms with Crippen LogP contribution < -0.4 is 5.32 Å². The molecular formula is C18H12F15NO4. The Hall–Kier alpha value is -3.09. The van der Waals surface area contributed by atoms with Gasteiger partial charge in [0.1, 0.15) is 12.6 Å². The first-order valence-electron chi connectivity index (χ1n) is 9.31. The van der Waals surface area contributed by atoms with Crippen molar-refractivity contribution in [1.29, 1.82) is 0 Å². The third-order valence-corrected chi connectivity index (χ3v) is 4.67. The lowest BCUT2D eigenvalue weighted by Gasteiger charge is -2.42. The maximum Gasteiger partial charge on any atom is 0.460 e. The summed E-state index contributed by atoms with van der Waals surface area (Å²) < 4.78 is 205. The molecule has 1 aromatic carbocycles. The van der Waals surface area contributed by atoms with Gasteiger partial charge in [-0.15, -0.1) is 0 Å². The van der Waals surface area contributed by atoms with Crippen molar-refractivity contribution in [1.82, 2.24) is 5.32 Å². The maximum absolute atomic E-state index is 14.3. The quantitative estimate of drug-likeness (QED) is 0.304. The van der Waals surface area contributed by atoms with E-state index in [1.165, 1.54) is 30.3 Å². The first-order chi connectivity index (χ1) is 16.8. The van der Waals surface area contributed by atoms with Crippen molar-refractivity contribution in [3.63, 3.8) is 0 Å². The summed E-state index contributed by atoms with van der Waals surface area (Å²) >= 11 is 0. The van der Waals surface area contributed by atoms with Crippen LogP contribution in [0.2, 0.25) is 0 Å². The number of amides is 1. The summed E-state index contributed by atoms with van der Waals surface area (Å²) in [5.41, 5.74) is 0.0773. The summed E-state index contributed by atoms with van der Waals surface area (Å²) in [6.45, 7) is -0.860. The van der Waals surface area contributed by atoms with Crippen LogP contribution in [0, 0.1) is 0 Å². The van der Waals surface area contributed by atoms with E-state index in [1.54, 1.807) is 0 Å². The highest BCUT2D eigenvalue weighted by atomic mass is 19.4. The molecule has 20 heteroatoms. The molecule has 38 heavy (non-hydrogen) atoms. The molecule has 0 aromatic heterocycles. The van der Waals surface area contributed by atoms with Crippen LogP contribution in [0.1, 0.15) is 12.0 Å². The molecule has 0 spiro atoms. The Morgan fingerprint density at radius 2 is 1.13 bits per heavy atom. The van der Waals surface area contributed by atoms with Gasteiger partial charge in [-0.05, 0) is 5.56 Å². The van der Waals surface area contributed by atoms with E-state index < -0.39 is 72.8 Å². The molecule has 1 amide bonds. The average Bonchev–Trinajstić information content (AvgIpc) is 2.76. The van der Waals surface area contributed by atoms with E-state index in [4.69, 9.17) is 5.11 Å². The SMILES string of the molecule is O=C(O)CC(NC(=O)OCc1ccccc1)C(F)(F)C(F)(F)C(F)(F)C(F)(F)C(F)(F)C(F)(F)C(F)(F)F. The van der Waals surface area contributed by atoms with E-state index in [2.05, 4.69) is 4.74 Å². The van der Waals surface area contributed by atoms with Crippen LogP contribution in [-0.2, 0) is 16.1 Å². The minimum atomic E-state index is -8.55. The largest absolute Gasteiger partial charge is 0.481 e. The molecule has 218 valence electrons. The number of carboxylic acids is 1. The zero-order chi connectivity index (χ0) is 30.2. The smallest absolute Gasteiger partial charge is 0.460 e. The minimum absolute atomic E-state index is 0.0773. The fourth-order valence-electron chi connectivity index (χ4n) is 2.55. The molecular weight excluding hydrogens is 579 g/mol. The fourth-order valence-corrected chi connectivity index (χ4v) is 2.55. The number of nitrogens with one attached hydrogen (secondary N) is 1. The first-order valence-corrected chi connectivity index (χ1v) is 9.31. The molecule has 2 N–H and O–H groups in total. The highest BCUT2D eigenvalue weighted by Crippen LogP contribution is 2.62. The second-order valence-electron chi connectivity index (χ2n) is 7.35. The number of benzene rings is 1. The molecule has 0 bridgehead atoms. The minimum Gasteiger partial charge on any atom is -0.481 e. The van der Waals surface area contributed by atoms with Gasteiger partial charge in [-0.1, -0.05) is 30.3 Å². The molecule has 0 saturated carbocycles. The van der Waals surface area contributed by atoms with Gasteiger partial charge in [-0.3, -0.25) is 4.79 Å². The summed E-state index contributed by atoms with van der Waals surface area (Å²) in [6.07, 6.45) is -12.5. The van der Waals surface area contributed by atoms with Crippen LogP contribution >= 0.6 is 0 Å². The van der Waals surface area contributed by atoms with E-state index in [1.807, 2.05) is 0 Å². The number of carbonyl (C=O) groups excluding carboxylic acids is 1. The number of hydrogen-bond donors (Lipinski definition) is 2. The molecule has 0 heterocycles. The van der Waals surface area contributed by atoms with E-state index in [-0.39, 0.29) is 5.56 Å². The van der Waals surface area contributed by atoms with Crippen molar-refractivity contribution >= 4 is 12.1 Å². The van der Waals surface area contributed by atoms with Gasteiger partial charge < -0.3 is 15.2 Å². The van der Waals surface area contributed by atoms with Crippen molar-refractivity contribution in [3.8, 4) is 0 Å².